The second kappa shape index (κ2) is 5.70. The lowest BCUT2D eigenvalue weighted by atomic mass is 9.96. The molecule has 1 aromatic rings. The monoisotopic (exact) mass is 247 g/mol. The van der Waals surface area contributed by atoms with E-state index in [1.807, 2.05) is 12.3 Å². The van der Waals surface area contributed by atoms with Crippen LogP contribution in [-0.2, 0) is 0 Å². The molecule has 1 atom stereocenters. The highest BCUT2D eigenvalue weighted by molar-refractivity contribution is 5.38. The first kappa shape index (κ1) is 13.3. The Balaban J connectivity index is 1.89. The molecule has 1 aromatic heterocycles. The van der Waals surface area contributed by atoms with Crippen molar-refractivity contribution < 1.29 is 0 Å². The third kappa shape index (κ3) is 3.98. The van der Waals surface area contributed by atoms with Gasteiger partial charge in [-0.3, -0.25) is 0 Å². The van der Waals surface area contributed by atoms with Crippen molar-refractivity contribution >= 4 is 5.82 Å². The van der Waals surface area contributed by atoms with Crippen LogP contribution >= 0.6 is 0 Å². The molecule has 1 saturated heterocycles. The fraction of sp³-hybridized carbons (Fsp3) is 0.667. The SMILES string of the molecule is CC(C)(C)NCC1CCCN(c2ccccn2)C1. The number of hydrogen-bond donors (Lipinski definition) is 1. The summed E-state index contributed by atoms with van der Waals surface area (Å²) in [6, 6.07) is 6.16. The van der Waals surface area contributed by atoms with E-state index in [-0.39, 0.29) is 5.54 Å². The summed E-state index contributed by atoms with van der Waals surface area (Å²) in [4.78, 5) is 6.87. The van der Waals surface area contributed by atoms with Crippen LogP contribution in [0.3, 0.4) is 0 Å². The first-order chi connectivity index (χ1) is 8.54. The molecule has 0 aromatic carbocycles. The Morgan fingerprint density at radius 3 is 2.89 bits per heavy atom. The highest BCUT2D eigenvalue weighted by Gasteiger charge is 2.22. The quantitative estimate of drug-likeness (QED) is 0.890. The zero-order valence-electron chi connectivity index (χ0n) is 11.8. The average Bonchev–Trinajstić information content (AvgIpc) is 2.37. The molecule has 0 amide bonds. The number of aromatic nitrogens is 1. The van der Waals surface area contributed by atoms with Gasteiger partial charge >= 0.3 is 0 Å². The largest absolute Gasteiger partial charge is 0.356 e. The predicted molar refractivity (Wildman–Crippen MR) is 76.9 cm³/mol. The molecule has 2 heterocycles. The zero-order chi connectivity index (χ0) is 13.0. The van der Waals surface area contributed by atoms with E-state index in [0.717, 1.165) is 31.4 Å². The molecule has 0 saturated carbocycles. The van der Waals surface area contributed by atoms with Gasteiger partial charge in [-0.25, -0.2) is 4.98 Å². The van der Waals surface area contributed by atoms with Crippen LogP contribution in [0.25, 0.3) is 0 Å². The third-order valence-corrected chi connectivity index (χ3v) is 3.41. The lowest BCUT2D eigenvalue weighted by Crippen LogP contribution is -2.44. The number of nitrogens with zero attached hydrogens (tertiary/aromatic N) is 2. The summed E-state index contributed by atoms with van der Waals surface area (Å²) in [5.41, 5.74) is 0.216. The van der Waals surface area contributed by atoms with E-state index in [1.54, 1.807) is 0 Å². The van der Waals surface area contributed by atoms with Gasteiger partial charge in [0.05, 0.1) is 0 Å². The van der Waals surface area contributed by atoms with E-state index in [1.165, 1.54) is 12.8 Å². The number of hydrogen-bond acceptors (Lipinski definition) is 3. The van der Waals surface area contributed by atoms with Crippen LogP contribution in [0.4, 0.5) is 5.82 Å². The van der Waals surface area contributed by atoms with Crippen molar-refractivity contribution in [3.05, 3.63) is 24.4 Å². The van der Waals surface area contributed by atoms with Crippen LogP contribution < -0.4 is 10.2 Å². The van der Waals surface area contributed by atoms with Gasteiger partial charge in [-0.1, -0.05) is 6.07 Å². The van der Waals surface area contributed by atoms with Crippen molar-refractivity contribution in [1.29, 1.82) is 0 Å². The first-order valence-corrected chi connectivity index (χ1v) is 6.95. The molecular formula is C15H25N3. The average molecular weight is 247 g/mol. The van der Waals surface area contributed by atoms with E-state index in [0.29, 0.717) is 0 Å². The summed E-state index contributed by atoms with van der Waals surface area (Å²) in [5, 5.41) is 3.62. The van der Waals surface area contributed by atoms with Crippen molar-refractivity contribution in [2.75, 3.05) is 24.5 Å². The van der Waals surface area contributed by atoms with E-state index >= 15 is 0 Å². The molecule has 1 aliphatic heterocycles. The van der Waals surface area contributed by atoms with Crippen LogP contribution in [0.15, 0.2) is 24.4 Å². The van der Waals surface area contributed by atoms with Crippen LogP contribution in [-0.4, -0.2) is 30.2 Å². The Labute approximate surface area is 111 Å². The van der Waals surface area contributed by atoms with E-state index in [4.69, 9.17) is 0 Å². The number of pyridine rings is 1. The van der Waals surface area contributed by atoms with Crippen LogP contribution in [0.5, 0.6) is 0 Å². The summed E-state index contributed by atoms with van der Waals surface area (Å²) in [6.45, 7) is 10.1. The van der Waals surface area contributed by atoms with Crippen LogP contribution in [0, 0.1) is 5.92 Å². The second-order valence-corrected chi connectivity index (χ2v) is 6.27. The molecule has 0 aliphatic carbocycles. The van der Waals surface area contributed by atoms with Gasteiger partial charge in [0.1, 0.15) is 5.82 Å². The van der Waals surface area contributed by atoms with Gasteiger partial charge in [0.25, 0.3) is 0 Å². The minimum absolute atomic E-state index is 0.216. The maximum Gasteiger partial charge on any atom is 0.128 e. The summed E-state index contributed by atoms with van der Waals surface area (Å²) < 4.78 is 0. The minimum atomic E-state index is 0.216. The number of piperidine rings is 1. The Morgan fingerprint density at radius 1 is 1.39 bits per heavy atom. The van der Waals surface area contributed by atoms with E-state index < -0.39 is 0 Å². The molecule has 0 radical (unpaired) electrons. The van der Waals surface area contributed by atoms with Crippen molar-refractivity contribution in [2.45, 2.75) is 39.2 Å². The Morgan fingerprint density at radius 2 is 2.22 bits per heavy atom. The lowest BCUT2D eigenvalue weighted by molar-refractivity contribution is 0.335. The van der Waals surface area contributed by atoms with Gasteiger partial charge in [0.2, 0.25) is 0 Å². The van der Waals surface area contributed by atoms with Crippen molar-refractivity contribution in [3.8, 4) is 0 Å². The van der Waals surface area contributed by atoms with Gasteiger partial charge in [-0.15, -0.1) is 0 Å². The normalized spacial score (nSPS) is 21.1. The zero-order valence-corrected chi connectivity index (χ0v) is 11.8. The van der Waals surface area contributed by atoms with Crippen LogP contribution in [0.1, 0.15) is 33.6 Å². The molecule has 0 bridgehead atoms. The summed E-state index contributed by atoms with van der Waals surface area (Å²) in [5.74, 6) is 1.86. The number of nitrogens with one attached hydrogen (secondary N) is 1. The Hall–Kier alpha value is -1.09. The third-order valence-electron chi connectivity index (χ3n) is 3.41. The topological polar surface area (TPSA) is 28.2 Å². The van der Waals surface area contributed by atoms with Crippen molar-refractivity contribution in [3.63, 3.8) is 0 Å². The highest BCUT2D eigenvalue weighted by atomic mass is 15.2. The standard InChI is InChI=1S/C15H25N3/c1-15(2,3)17-11-13-7-6-10-18(12-13)14-8-4-5-9-16-14/h4-5,8-9,13,17H,6-7,10-12H2,1-3H3. The van der Waals surface area contributed by atoms with E-state index in [9.17, 15) is 0 Å². The first-order valence-electron chi connectivity index (χ1n) is 6.95. The highest BCUT2D eigenvalue weighted by Crippen LogP contribution is 2.21. The molecule has 1 N–H and O–H groups in total. The number of anilines is 1. The second-order valence-electron chi connectivity index (χ2n) is 6.27. The molecule has 1 unspecified atom stereocenters. The van der Waals surface area contributed by atoms with Crippen molar-refractivity contribution in [2.24, 2.45) is 5.92 Å². The molecule has 18 heavy (non-hydrogen) atoms. The summed E-state index contributed by atoms with van der Waals surface area (Å²) in [6.07, 6.45) is 4.48. The van der Waals surface area contributed by atoms with Gasteiger partial charge in [0, 0.05) is 31.4 Å². The van der Waals surface area contributed by atoms with Gasteiger partial charge in [-0.05, 0) is 51.7 Å². The summed E-state index contributed by atoms with van der Waals surface area (Å²) in [7, 11) is 0. The van der Waals surface area contributed by atoms with Crippen LogP contribution in [0.2, 0.25) is 0 Å². The van der Waals surface area contributed by atoms with Crippen molar-refractivity contribution in [1.82, 2.24) is 10.3 Å². The Kier molecular flexibility index (Phi) is 4.23. The fourth-order valence-corrected chi connectivity index (χ4v) is 2.43. The smallest absolute Gasteiger partial charge is 0.128 e. The molecule has 2 rings (SSSR count). The Bertz CT molecular complexity index is 356. The number of rotatable bonds is 3. The molecule has 3 nitrogen and oxygen atoms in total. The van der Waals surface area contributed by atoms with Gasteiger partial charge in [0.15, 0.2) is 0 Å². The molecule has 1 aliphatic rings. The minimum Gasteiger partial charge on any atom is -0.356 e. The molecule has 0 spiro atoms. The molecule has 1 fully saturated rings. The molecule has 3 heteroatoms. The molecular weight excluding hydrogens is 222 g/mol. The maximum absolute atomic E-state index is 4.45. The fourth-order valence-electron chi connectivity index (χ4n) is 2.43. The lowest BCUT2D eigenvalue weighted by Gasteiger charge is -2.35. The van der Waals surface area contributed by atoms with Gasteiger partial charge < -0.3 is 10.2 Å². The van der Waals surface area contributed by atoms with Gasteiger partial charge in [-0.2, -0.15) is 0 Å². The predicted octanol–water partition coefficient (Wildman–Crippen LogP) is 2.69. The summed E-state index contributed by atoms with van der Waals surface area (Å²) >= 11 is 0. The maximum atomic E-state index is 4.45. The molecule has 100 valence electrons. The van der Waals surface area contributed by atoms with E-state index in [2.05, 4.69) is 48.1 Å².